The minimum Gasteiger partial charge on any atom is -0.370 e. The Labute approximate surface area is 84.2 Å². The summed E-state index contributed by atoms with van der Waals surface area (Å²) in [6.45, 7) is 2.48. The van der Waals surface area contributed by atoms with Gasteiger partial charge in [-0.2, -0.15) is 0 Å². The van der Waals surface area contributed by atoms with Gasteiger partial charge in [-0.05, 0) is 18.6 Å². The van der Waals surface area contributed by atoms with E-state index in [1.54, 1.807) is 6.08 Å². The predicted molar refractivity (Wildman–Crippen MR) is 55.9 cm³/mol. The first kappa shape index (κ1) is 10.7. The lowest BCUT2D eigenvalue weighted by molar-refractivity contribution is -0.104. The molecule has 0 spiro atoms. The van der Waals surface area contributed by atoms with E-state index in [2.05, 4.69) is 0 Å². The summed E-state index contributed by atoms with van der Waals surface area (Å²) < 4.78 is 5.48. The molecular formula is C12H14O2. The molecule has 0 amide bonds. The predicted octanol–water partition coefficient (Wildman–Crippen LogP) is 2.35. The zero-order chi connectivity index (χ0) is 10.2. The Balaban J connectivity index is 2.34. The maximum absolute atomic E-state index is 10.0. The van der Waals surface area contributed by atoms with Gasteiger partial charge in [0, 0.05) is 0 Å². The van der Waals surface area contributed by atoms with Gasteiger partial charge >= 0.3 is 0 Å². The standard InChI is InChI=1S/C12H14O2/c1-11(6-5-9-13)14-10-12-7-3-2-4-8-12/h2-9,11H,10H2,1H3/b6-5+/t11-/m0/s1. The van der Waals surface area contributed by atoms with Crippen LogP contribution in [0.1, 0.15) is 12.5 Å². The lowest BCUT2D eigenvalue weighted by Crippen LogP contribution is -2.04. The van der Waals surface area contributed by atoms with Gasteiger partial charge in [-0.15, -0.1) is 0 Å². The average molecular weight is 190 g/mol. The quantitative estimate of drug-likeness (QED) is 0.526. The van der Waals surface area contributed by atoms with E-state index < -0.39 is 0 Å². The minimum absolute atomic E-state index is 0.0274. The summed E-state index contributed by atoms with van der Waals surface area (Å²) in [4.78, 5) is 10.0. The molecule has 0 saturated heterocycles. The van der Waals surface area contributed by atoms with Crippen molar-refractivity contribution < 1.29 is 9.53 Å². The molecule has 1 aromatic rings. The van der Waals surface area contributed by atoms with Gasteiger partial charge in [0.05, 0.1) is 12.7 Å². The zero-order valence-corrected chi connectivity index (χ0v) is 8.22. The molecule has 1 aromatic carbocycles. The third-order valence-electron chi connectivity index (χ3n) is 1.82. The smallest absolute Gasteiger partial charge is 0.142 e. The molecule has 2 nitrogen and oxygen atoms in total. The number of hydrogen-bond acceptors (Lipinski definition) is 2. The molecule has 14 heavy (non-hydrogen) atoms. The summed E-state index contributed by atoms with van der Waals surface area (Å²) in [5.74, 6) is 0. The van der Waals surface area contributed by atoms with Gasteiger partial charge in [-0.1, -0.05) is 36.4 Å². The third kappa shape index (κ3) is 4.01. The van der Waals surface area contributed by atoms with E-state index in [-0.39, 0.29) is 6.10 Å². The number of ether oxygens (including phenoxy) is 1. The van der Waals surface area contributed by atoms with Crippen molar-refractivity contribution in [3.8, 4) is 0 Å². The molecule has 0 fully saturated rings. The lowest BCUT2D eigenvalue weighted by atomic mass is 10.2. The Morgan fingerprint density at radius 1 is 1.36 bits per heavy atom. The molecule has 1 rings (SSSR count). The molecule has 0 unspecified atom stereocenters. The normalized spacial score (nSPS) is 12.9. The van der Waals surface area contributed by atoms with Gasteiger partial charge in [-0.25, -0.2) is 0 Å². The summed E-state index contributed by atoms with van der Waals surface area (Å²) in [7, 11) is 0. The highest BCUT2D eigenvalue weighted by Crippen LogP contribution is 2.03. The van der Waals surface area contributed by atoms with Crippen LogP contribution in [0, 0.1) is 0 Å². The molecule has 0 aliphatic carbocycles. The van der Waals surface area contributed by atoms with E-state index in [9.17, 15) is 4.79 Å². The van der Waals surface area contributed by atoms with Gasteiger partial charge in [0.25, 0.3) is 0 Å². The third-order valence-corrected chi connectivity index (χ3v) is 1.82. The van der Waals surface area contributed by atoms with Crippen molar-refractivity contribution in [2.45, 2.75) is 19.6 Å². The molecule has 0 aromatic heterocycles. The first-order valence-electron chi connectivity index (χ1n) is 4.60. The number of carbonyl (C=O) groups excluding carboxylic acids is 1. The molecule has 1 atom stereocenters. The molecule has 0 bridgehead atoms. The maximum atomic E-state index is 10.0. The second-order valence-electron chi connectivity index (χ2n) is 3.02. The monoisotopic (exact) mass is 190 g/mol. The summed E-state index contributed by atoms with van der Waals surface area (Å²) in [6.07, 6.45) is 3.91. The zero-order valence-electron chi connectivity index (χ0n) is 8.22. The molecule has 0 heterocycles. The Morgan fingerprint density at radius 2 is 2.07 bits per heavy atom. The Hall–Kier alpha value is -1.41. The van der Waals surface area contributed by atoms with Crippen molar-refractivity contribution in [2.75, 3.05) is 0 Å². The van der Waals surface area contributed by atoms with Crippen molar-refractivity contribution in [3.05, 3.63) is 48.0 Å². The fourth-order valence-corrected chi connectivity index (χ4v) is 1.06. The van der Waals surface area contributed by atoms with E-state index >= 15 is 0 Å². The number of benzene rings is 1. The van der Waals surface area contributed by atoms with E-state index in [4.69, 9.17) is 4.74 Å². The SMILES string of the molecule is C[C@@H](/C=C/C=O)OCc1ccccc1. The highest BCUT2D eigenvalue weighted by atomic mass is 16.5. The van der Waals surface area contributed by atoms with E-state index in [0.29, 0.717) is 6.61 Å². The molecule has 0 radical (unpaired) electrons. The maximum Gasteiger partial charge on any atom is 0.142 e. The van der Waals surface area contributed by atoms with Crippen LogP contribution in [0.15, 0.2) is 42.5 Å². The summed E-state index contributed by atoms with van der Waals surface area (Å²) in [5.41, 5.74) is 1.14. The first-order chi connectivity index (χ1) is 6.83. The molecule has 0 aliphatic heterocycles. The fraction of sp³-hybridized carbons (Fsp3) is 0.250. The Kier molecular flexibility index (Phi) is 4.65. The number of hydrogen-bond donors (Lipinski definition) is 0. The molecular weight excluding hydrogens is 176 g/mol. The van der Waals surface area contributed by atoms with Gasteiger partial charge in [0.1, 0.15) is 6.29 Å². The van der Waals surface area contributed by atoms with Crippen LogP contribution >= 0.6 is 0 Å². The Bertz CT molecular complexity index is 290. The van der Waals surface area contributed by atoms with Crippen molar-refractivity contribution in [1.29, 1.82) is 0 Å². The summed E-state index contributed by atoms with van der Waals surface area (Å²) in [5, 5.41) is 0. The van der Waals surface area contributed by atoms with Crippen molar-refractivity contribution in [2.24, 2.45) is 0 Å². The molecule has 0 saturated carbocycles. The van der Waals surface area contributed by atoms with Crippen LogP contribution < -0.4 is 0 Å². The summed E-state index contributed by atoms with van der Waals surface area (Å²) in [6, 6.07) is 9.95. The number of aldehydes is 1. The van der Waals surface area contributed by atoms with Crippen LogP contribution in [0.3, 0.4) is 0 Å². The number of rotatable bonds is 5. The van der Waals surface area contributed by atoms with E-state index in [0.717, 1.165) is 11.8 Å². The van der Waals surface area contributed by atoms with Gasteiger partial charge in [0.2, 0.25) is 0 Å². The van der Waals surface area contributed by atoms with Crippen LogP contribution in [0.5, 0.6) is 0 Å². The van der Waals surface area contributed by atoms with Crippen molar-refractivity contribution in [3.63, 3.8) is 0 Å². The second kappa shape index (κ2) is 6.11. The van der Waals surface area contributed by atoms with E-state index in [1.165, 1.54) is 6.08 Å². The molecule has 0 N–H and O–H groups in total. The largest absolute Gasteiger partial charge is 0.370 e. The lowest BCUT2D eigenvalue weighted by Gasteiger charge is -2.07. The van der Waals surface area contributed by atoms with Crippen LogP contribution in [0.25, 0.3) is 0 Å². The average Bonchev–Trinajstić information content (AvgIpc) is 2.25. The van der Waals surface area contributed by atoms with Gasteiger partial charge in [-0.3, -0.25) is 4.79 Å². The van der Waals surface area contributed by atoms with E-state index in [1.807, 2.05) is 37.3 Å². The summed E-state index contributed by atoms with van der Waals surface area (Å²) >= 11 is 0. The molecule has 74 valence electrons. The van der Waals surface area contributed by atoms with Crippen molar-refractivity contribution in [1.82, 2.24) is 0 Å². The fourth-order valence-electron chi connectivity index (χ4n) is 1.06. The topological polar surface area (TPSA) is 26.3 Å². The highest BCUT2D eigenvalue weighted by Gasteiger charge is 1.96. The van der Waals surface area contributed by atoms with Gasteiger partial charge < -0.3 is 4.74 Å². The highest BCUT2D eigenvalue weighted by molar-refractivity contribution is 5.64. The number of carbonyl (C=O) groups is 1. The van der Waals surface area contributed by atoms with Crippen LogP contribution in [-0.4, -0.2) is 12.4 Å². The minimum atomic E-state index is -0.0274. The Morgan fingerprint density at radius 3 is 2.71 bits per heavy atom. The molecule has 0 aliphatic rings. The molecule has 2 heteroatoms. The van der Waals surface area contributed by atoms with Gasteiger partial charge in [0.15, 0.2) is 0 Å². The second-order valence-corrected chi connectivity index (χ2v) is 3.02. The van der Waals surface area contributed by atoms with Crippen molar-refractivity contribution >= 4 is 6.29 Å². The van der Waals surface area contributed by atoms with Crippen LogP contribution in [0.2, 0.25) is 0 Å². The van der Waals surface area contributed by atoms with Crippen LogP contribution in [-0.2, 0) is 16.1 Å². The first-order valence-corrected chi connectivity index (χ1v) is 4.60. The number of allylic oxidation sites excluding steroid dienone is 1. The van der Waals surface area contributed by atoms with Crippen LogP contribution in [0.4, 0.5) is 0 Å².